The van der Waals surface area contributed by atoms with Crippen molar-refractivity contribution in [1.82, 2.24) is 15.3 Å². The van der Waals surface area contributed by atoms with Crippen molar-refractivity contribution in [2.45, 2.75) is 6.54 Å². The number of nitrogens with one attached hydrogen (secondary N) is 1. The number of benzene rings is 1. The Morgan fingerprint density at radius 1 is 1.30 bits per heavy atom. The van der Waals surface area contributed by atoms with Gasteiger partial charge in [-0.05, 0) is 24.3 Å². The van der Waals surface area contributed by atoms with Crippen molar-refractivity contribution >= 4 is 28.8 Å². The third-order valence-corrected chi connectivity index (χ3v) is 4.34. The highest BCUT2D eigenvalue weighted by atomic mass is 35.5. The molecule has 0 fully saturated rings. The summed E-state index contributed by atoms with van der Waals surface area (Å²) in [5.74, 6) is -1.21. The summed E-state index contributed by atoms with van der Waals surface area (Å²) in [5, 5.41) is 5.36. The Kier molecular flexibility index (Phi) is 4.64. The van der Waals surface area contributed by atoms with Crippen LogP contribution in [0.5, 0.6) is 0 Å². The maximum atomic E-state index is 13.7. The first-order valence-electron chi connectivity index (χ1n) is 6.72. The average molecular weight is 348 g/mol. The summed E-state index contributed by atoms with van der Waals surface area (Å²) in [5.41, 5.74) is 1.44. The molecule has 0 atom stereocenters. The first-order chi connectivity index (χ1) is 11.1. The second-order valence-corrected chi connectivity index (χ2v) is 5.93. The van der Waals surface area contributed by atoms with Crippen LogP contribution >= 0.6 is 22.9 Å². The zero-order valence-electron chi connectivity index (χ0n) is 11.8. The highest BCUT2D eigenvalue weighted by Crippen LogP contribution is 2.23. The second-order valence-electron chi connectivity index (χ2n) is 4.67. The molecule has 0 bridgehead atoms. The maximum Gasteiger partial charge on any atom is 0.256 e. The third-order valence-electron chi connectivity index (χ3n) is 3.08. The molecule has 116 valence electrons. The van der Waals surface area contributed by atoms with Crippen LogP contribution in [-0.4, -0.2) is 15.9 Å². The molecule has 0 aliphatic carbocycles. The Bertz CT molecular complexity index is 818. The van der Waals surface area contributed by atoms with Crippen LogP contribution in [0.1, 0.15) is 16.1 Å². The SMILES string of the molecule is O=C(NCc1csc(-c2cccnc2)n1)c1c(F)cccc1Cl. The molecule has 1 N–H and O–H groups in total. The van der Waals surface area contributed by atoms with Gasteiger partial charge in [-0.2, -0.15) is 0 Å². The molecule has 23 heavy (non-hydrogen) atoms. The van der Waals surface area contributed by atoms with Gasteiger partial charge in [0.25, 0.3) is 5.91 Å². The standard InChI is InChI=1S/C16H11ClFN3OS/c17-12-4-1-5-13(18)14(12)15(22)20-8-11-9-23-16(21-11)10-3-2-6-19-7-10/h1-7,9H,8H2,(H,20,22). The first-order valence-corrected chi connectivity index (χ1v) is 7.98. The summed E-state index contributed by atoms with van der Waals surface area (Å²) in [7, 11) is 0. The largest absolute Gasteiger partial charge is 0.346 e. The minimum atomic E-state index is -0.649. The van der Waals surface area contributed by atoms with E-state index in [0.29, 0.717) is 5.69 Å². The van der Waals surface area contributed by atoms with Crippen LogP contribution in [0.3, 0.4) is 0 Å². The molecule has 3 rings (SSSR count). The van der Waals surface area contributed by atoms with Crippen molar-refractivity contribution in [2.24, 2.45) is 0 Å². The summed E-state index contributed by atoms with van der Waals surface area (Å²) in [6.45, 7) is 0.195. The number of aromatic nitrogens is 2. The molecule has 0 aliphatic rings. The van der Waals surface area contributed by atoms with Crippen LogP contribution in [0, 0.1) is 5.82 Å². The number of carbonyl (C=O) groups excluding carboxylic acids is 1. The van der Waals surface area contributed by atoms with Crippen LogP contribution in [0.4, 0.5) is 4.39 Å². The van der Waals surface area contributed by atoms with E-state index in [-0.39, 0.29) is 17.1 Å². The average Bonchev–Trinajstić information content (AvgIpc) is 3.02. The predicted molar refractivity (Wildman–Crippen MR) is 87.9 cm³/mol. The summed E-state index contributed by atoms with van der Waals surface area (Å²) in [6, 6.07) is 7.87. The molecule has 0 radical (unpaired) electrons. The summed E-state index contributed by atoms with van der Waals surface area (Å²) < 4.78 is 13.7. The van der Waals surface area contributed by atoms with Crippen molar-refractivity contribution in [2.75, 3.05) is 0 Å². The number of halogens is 2. The van der Waals surface area contributed by atoms with Gasteiger partial charge in [0.2, 0.25) is 0 Å². The van der Waals surface area contributed by atoms with Crippen LogP contribution in [0.2, 0.25) is 5.02 Å². The molecule has 2 aromatic heterocycles. The Hall–Kier alpha value is -2.31. The van der Waals surface area contributed by atoms with Gasteiger partial charge in [0.1, 0.15) is 10.8 Å². The third kappa shape index (κ3) is 3.55. The zero-order valence-corrected chi connectivity index (χ0v) is 13.4. The van der Waals surface area contributed by atoms with Gasteiger partial charge in [-0.3, -0.25) is 9.78 Å². The van der Waals surface area contributed by atoms with Crippen molar-refractivity contribution in [3.8, 4) is 10.6 Å². The Morgan fingerprint density at radius 3 is 2.91 bits per heavy atom. The van der Waals surface area contributed by atoms with E-state index in [1.54, 1.807) is 12.4 Å². The van der Waals surface area contributed by atoms with Gasteiger partial charge >= 0.3 is 0 Å². The van der Waals surface area contributed by atoms with Crippen LogP contribution in [0.15, 0.2) is 48.1 Å². The number of pyridine rings is 1. The fourth-order valence-corrected chi connectivity index (χ4v) is 3.04. The molecule has 0 aliphatic heterocycles. The van der Waals surface area contributed by atoms with E-state index in [1.807, 2.05) is 17.5 Å². The topological polar surface area (TPSA) is 54.9 Å². The molecule has 0 saturated carbocycles. The van der Waals surface area contributed by atoms with Crippen LogP contribution in [0.25, 0.3) is 10.6 Å². The van der Waals surface area contributed by atoms with E-state index in [1.165, 1.54) is 29.5 Å². The molecule has 0 unspecified atom stereocenters. The van der Waals surface area contributed by atoms with E-state index in [2.05, 4.69) is 15.3 Å². The summed E-state index contributed by atoms with van der Waals surface area (Å²) >= 11 is 7.32. The fourth-order valence-electron chi connectivity index (χ4n) is 1.98. The minimum Gasteiger partial charge on any atom is -0.346 e. The smallest absolute Gasteiger partial charge is 0.256 e. The Labute approximate surface area is 141 Å². The zero-order chi connectivity index (χ0) is 16.2. The van der Waals surface area contributed by atoms with E-state index in [4.69, 9.17) is 11.6 Å². The molecule has 0 saturated heterocycles. The number of hydrogen-bond donors (Lipinski definition) is 1. The van der Waals surface area contributed by atoms with Gasteiger partial charge in [0.05, 0.1) is 22.8 Å². The van der Waals surface area contributed by atoms with Crippen LogP contribution in [-0.2, 0) is 6.54 Å². The van der Waals surface area contributed by atoms with E-state index in [0.717, 1.165) is 10.6 Å². The van der Waals surface area contributed by atoms with Crippen molar-refractivity contribution in [3.05, 3.63) is 70.2 Å². The summed E-state index contributed by atoms with van der Waals surface area (Å²) in [6.07, 6.45) is 3.41. The monoisotopic (exact) mass is 347 g/mol. The van der Waals surface area contributed by atoms with Crippen molar-refractivity contribution < 1.29 is 9.18 Å². The number of rotatable bonds is 4. The maximum absolute atomic E-state index is 13.7. The van der Waals surface area contributed by atoms with Gasteiger partial charge in [-0.25, -0.2) is 9.37 Å². The van der Waals surface area contributed by atoms with Gasteiger partial charge in [-0.15, -0.1) is 11.3 Å². The van der Waals surface area contributed by atoms with E-state index >= 15 is 0 Å². The highest BCUT2D eigenvalue weighted by molar-refractivity contribution is 7.13. The fraction of sp³-hybridized carbons (Fsp3) is 0.0625. The quantitative estimate of drug-likeness (QED) is 0.778. The van der Waals surface area contributed by atoms with E-state index in [9.17, 15) is 9.18 Å². The lowest BCUT2D eigenvalue weighted by atomic mass is 10.2. The minimum absolute atomic E-state index is 0.0804. The molecule has 4 nitrogen and oxygen atoms in total. The lowest BCUT2D eigenvalue weighted by molar-refractivity contribution is 0.0946. The lowest BCUT2D eigenvalue weighted by Gasteiger charge is -2.06. The normalized spacial score (nSPS) is 10.5. The number of hydrogen-bond acceptors (Lipinski definition) is 4. The number of nitrogens with zero attached hydrogens (tertiary/aromatic N) is 2. The number of thiazole rings is 1. The van der Waals surface area contributed by atoms with Crippen LogP contribution < -0.4 is 5.32 Å². The van der Waals surface area contributed by atoms with Gasteiger partial charge in [-0.1, -0.05) is 17.7 Å². The van der Waals surface area contributed by atoms with Crippen molar-refractivity contribution in [3.63, 3.8) is 0 Å². The molecule has 3 aromatic rings. The highest BCUT2D eigenvalue weighted by Gasteiger charge is 2.15. The van der Waals surface area contributed by atoms with Gasteiger partial charge in [0, 0.05) is 23.3 Å². The molecule has 2 heterocycles. The molecule has 1 amide bonds. The molecular weight excluding hydrogens is 337 g/mol. The van der Waals surface area contributed by atoms with Crippen molar-refractivity contribution in [1.29, 1.82) is 0 Å². The number of amides is 1. The van der Waals surface area contributed by atoms with Gasteiger partial charge in [0.15, 0.2) is 0 Å². The Morgan fingerprint density at radius 2 is 2.17 bits per heavy atom. The first kappa shape index (κ1) is 15.6. The summed E-state index contributed by atoms with van der Waals surface area (Å²) in [4.78, 5) is 20.5. The lowest BCUT2D eigenvalue weighted by Crippen LogP contribution is -2.24. The molecule has 1 aromatic carbocycles. The predicted octanol–water partition coefficient (Wildman–Crippen LogP) is 3.93. The molecule has 7 heteroatoms. The number of carbonyl (C=O) groups is 1. The molecule has 0 spiro atoms. The second kappa shape index (κ2) is 6.85. The van der Waals surface area contributed by atoms with E-state index < -0.39 is 11.7 Å². The Balaban J connectivity index is 1.70. The molecular formula is C16H11ClFN3OS. The van der Waals surface area contributed by atoms with Gasteiger partial charge < -0.3 is 5.32 Å².